The van der Waals surface area contributed by atoms with E-state index in [1.807, 2.05) is 19.1 Å². The van der Waals surface area contributed by atoms with Gasteiger partial charge in [-0.25, -0.2) is 0 Å². The molecule has 0 saturated carbocycles. The van der Waals surface area contributed by atoms with Gasteiger partial charge in [0.15, 0.2) is 5.78 Å². The lowest BCUT2D eigenvalue weighted by Gasteiger charge is -2.21. The van der Waals surface area contributed by atoms with Gasteiger partial charge in [0.1, 0.15) is 5.60 Å². The van der Waals surface area contributed by atoms with Crippen LogP contribution in [0, 0.1) is 6.92 Å². The molecule has 0 aromatic heterocycles. The van der Waals surface area contributed by atoms with Crippen molar-refractivity contribution in [1.82, 2.24) is 0 Å². The molecule has 0 radical (unpaired) electrons. The second-order valence-electron chi connectivity index (χ2n) is 4.36. The highest BCUT2D eigenvalue weighted by atomic mass is 32.2. The minimum atomic E-state index is -1.30. The molecule has 0 unspecified atom stereocenters. The molecule has 0 saturated heterocycles. The Bertz CT molecular complexity index is 525. The highest BCUT2D eigenvalue weighted by molar-refractivity contribution is 7.85. The van der Waals surface area contributed by atoms with Gasteiger partial charge in [0.25, 0.3) is 0 Å². The molecule has 3 nitrogen and oxygen atoms in total. The second-order valence-corrected chi connectivity index (χ2v) is 5.81. The van der Waals surface area contributed by atoms with E-state index in [1.54, 1.807) is 12.1 Å². The molecule has 1 atom stereocenters. The van der Waals surface area contributed by atoms with Crippen molar-refractivity contribution in [3.05, 3.63) is 54.1 Å². The Labute approximate surface area is 108 Å². The number of aliphatic hydroxyl groups is 1. The van der Waals surface area contributed by atoms with Crippen molar-refractivity contribution in [2.24, 2.45) is 0 Å². The third kappa shape index (κ3) is 3.03. The van der Waals surface area contributed by atoms with Gasteiger partial charge < -0.3 is 5.11 Å². The number of aryl methyl sites for hydroxylation is 1. The lowest BCUT2D eigenvalue weighted by atomic mass is 10.0. The van der Waals surface area contributed by atoms with Crippen LogP contribution in [-0.2, 0) is 15.6 Å². The summed E-state index contributed by atoms with van der Waals surface area (Å²) in [5.41, 5.74) is -0.207. The van der Waals surface area contributed by atoms with Crippen molar-refractivity contribution in [1.29, 1.82) is 0 Å². The molecule has 1 aliphatic carbocycles. The fourth-order valence-electron chi connectivity index (χ4n) is 1.64. The summed E-state index contributed by atoms with van der Waals surface area (Å²) in [4.78, 5) is 11.7. The van der Waals surface area contributed by atoms with Gasteiger partial charge in [0.2, 0.25) is 0 Å². The third-order valence-corrected chi connectivity index (χ3v) is 4.24. The van der Waals surface area contributed by atoms with Crippen LogP contribution in [0.15, 0.2) is 53.5 Å². The van der Waals surface area contributed by atoms with Crippen molar-refractivity contribution < 1.29 is 14.1 Å². The Morgan fingerprint density at radius 2 is 1.72 bits per heavy atom. The van der Waals surface area contributed by atoms with E-state index >= 15 is 0 Å². The lowest BCUT2D eigenvalue weighted by Crippen LogP contribution is -2.32. The molecule has 0 bridgehead atoms. The summed E-state index contributed by atoms with van der Waals surface area (Å²) in [7, 11) is -1.30. The summed E-state index contributed by atoms with van der Waals surface area (Å²) in [5, 5.41) is 10.2. The third-order valence-electron chi connectivity index (χ3n) is 2.72. The van der Waals surface area contributed by atoms with Gasteiger partial charge in [-0.3, -0.25) is 9.00 Å². The molecule has 1 aliphatic rings. The summed E-state index contributed by atoms with van der Waals surface area (Å²) in [6.45, 7) is 1.96. The fraction of sp³-hybridized carbons (Fsp3) is 0.214. The number of benzene rings is 1. The average molecular weight is 262 g/mol. The maximum Gasteiger partial charge on any atom is 0.178 e. The average Bonchev–Trinajstić information content (AvgIpc) is 2.34. The predicted molar refractivity (Wildman–Crippen MR) is 70.7 cm³/mol. The summed E-state index contributed by atoms with van der Waals surface area (Å²) in [6, 6.07) is 7.34. The first-order chi connectivity index (χ1) is 8.48. The van der Waals surface area contributed by atoms with Crippen molar-refractivity contribution in [3.63, 3.8) is 0 Å². The summed E-state index contributed by atoms with van der Waals surface area (Å²) >= 11 is 0. The van der Waals surface area contributed by atoms with E-state index in [2.05, 4.69) is 0 Å². The van der Waals surface area contributed by atoms with Crippen LogP contribution < -0.4 is 0 Å². The number of hydrogen-bond acceptors (Lipinski definition) is 3. The van der Waals surface area contributed by atoms with E-state index in [4.69, 9.17) is 0 Å². The van der Waals surface area contributed by atoms with Crippen molar-refractivity contribution in [3.8, 4) is 0 Å². The van der Waals surface area contributed by atoms with Crippen LogP contribution in [0.25, 0.3) is 0 Å². The highest BCUT2D eigenvalue weighted by Crippen LogP contribution is 2.19. The van der Waals surface area contributed by atoms with Crippen LogP contribution in [0.3, 0.4) is 0 Å². The molecule has 1 N–H and O–H groups in total. The highest BCUT2D eigenvalue weighted by Gasteiger charge is 2.26. The maximum atomic E-state index is 12.1. The van der Waals surface area contributed by atoms with Gasteiger partial charge in [-0.2, -0.15) is 0 Å². The first-order valence-electron chi connectivity index (χ1n) is 5.58. The number of carbonyl (C=O) groups is 1. The quantitative estimate of drug-likeness (QED) is 0.898. The van der Waals surface area contributed by atoms with Gasteiger partial charge >= 0.3 is 0 Å². The van der Waals surface area contributed by atoms with Crippen molar-refractivity contribution in [2.45, 2.75) is 17.4 Å². The topological polar surface area (TPSA) is 54.4 Å². The zero-order chi connectivity index (χ0) is 13.2. The molecule has 0 heterocycles. The van der Waals surface area contributed by atoms with Gasteiger partial charge in [0.05, 0.1) is 16.6 Å². The van der Waals surface area contributed by atoms with Crippen LogP contribution in [0.5, 0.6) is 0 Å². The maximum absolute atomic E-state index is 12.1. The standard InChI is InChI=1S/C14H14O3S/c1-11-2-4-13(5-3-11)18(17)10-14(16)8-6-12(15)7-9-14/h2-9,16H,10H2,1H3/t18-/m0/s1. The number of rotatable bonds is 3. The molecule has 2 rings (SSSR count). The van der Waals surface area contributed by atoms with E-state index in [1.165, 1.54) is 24.3 Å². The SMILES string of the molecule is Cc1ccc([S@@](=O)CC2(O)C=CC(=O)C=C2)cc1. The van der Waals surface area contributed by atoms with E-state index in [0.717, 1.165) is 5.56 Å². The number of hydrogen-bond donors (Lipinski definition) is 1. The largest absolute Gasteiger partial charge is 0.381 e. The van der Waals surface area contributed by atoms with E-state index in [9.17, 15) is 14.1 Å². The molecule has 0 fully saturated rings. The number of ketones is 1. The van der Waals surface area contributed by atoms with Crippen LogP contribution in [-0.4, -0.2) is 26.5 Å². The van der Waals surface area contributed by atoms with E-state index in [0.29, 0.717) is 4.90 Å². The normalized spacial score (nSPS) is 18.9. The molecule has 94 valence electrons. The molecular weight excluding hydrogens is 248 g/mol. The number of allylic oxidation sites excluding steroid dienone is 2. The Balaban J connectivity index is 2.12. The molecule has 0 amide bonds. The lowest BCUT2D eigenvalue weighted by molar-refractivity contribution is -0.110. The molecule has 1 aromatic rings. The van der Waals surface area contributed by atoms with E-state index < -0.39 is 16.4 Å². The Kier molecular flexibility index (Phi) is 3.59. The molecule has 4 heteroatoms. The fourth-order valence-corrected chi connectivity index (χ4v) is 2.86. The summed E-state index contributed by atoms with van der Waals surface area (Å²) < 4.78 is 12.1. The Hall–Kier alpha value is -1.52. The van der Waals surface area contributed by atoms with Crippen molar-refractivity contribution in [2.75, 3.05) is 5.75 Å². The van der Waals surface area contributed by atoms with Gasteiger partial charge in [-0.1, -0.05) is 17.7 Å². The van der Waals surface area contributed by atoms with E-state index in [-0.39, 0.29) is 11.5 Å². The molecular formula is C14H14O3S. The first kappa shape index (κ1) is 12.9. The molecule has 0 spiro atoms. The van der Waals surface area contributed by atoms with Gasteiger partial charge in [-0.05, 0) is 43.4 Å². The van der Waals surface area contributed by atoms with Crippen LogP contribution in [0.2, 0.25) is 0 Å². The minimum Gasteiger partial charge on any atom is -0.381 e. The second kappa shape index (κ2) is 5.00. The molecule has 0 aliphatic heterocycles. The number of carbonyl (C=O) groups excluding carboxylic acids is 1. The molecule has 1 aromatic carbocycles. The van der Waals surface area contributed by atoms with Crippen LogP contribution >= 0.6 is 0 Å². The van der Waals surface area contributed by atoms with Crippen LogP contribution in [0.4, 0.5) is 0 Å². The first-order valence-corrected chi connectivity index (χ1v) is 6.90. The van der Waals surface area contributed by atoms with Gasteiger partial charge in [0, 0.05) is 4.90 Å². The zero-order valence-electron chi connectivity index (χ0n) is 10.00. The molecule has 18 heavy (non-hydrogen) atoms. The smallest absolute Gasteiger partial charge is 0.178 e. The van der Waals surface area contributed by atoms with Crippen LogP contribution in [0.1, 0.15) is 5.56 Å². The van der Waals surface area contributed by atoms with Crippen molar-refractivity contribution >= 4 is 16.6 Å². The summed E-state index contributed by atoms with van der Waals surface area (Å²) in [5.74, 6) is -0.114. The predicted octanol–water partition coefficient (Wildman–Crippen LogP) is 1.53. The zero-order valence-corrected chi connectivity index (χ0v) is 10.8. The monoisotopic (exact) mass is 262 g/mol. The summed E-state index contributed by atoms with van der Waals surface area (Å²) in [6.07, 6.45) is 5.38. The minimum absolute atomic E-state index is 0.0519. The van der Waals surface area contributed by atoms with Gasteiger partial charge in [-0.15, -0.1) is 0 Å². The Morgan fingerprint density at radius 3 is 2.28 bits per heavy atom. The Morgan fingerprint density at radius 1 is 1.17 bits per heavy atom.